The molecule has 0 saturated carbocycles. The number of benzene rings is 1. The normalized spacial score (nSPS) is 17.7. The number of amides is 1. The van der Waals surface area contributed by atoms with Crippen LogP contribution in [0.15, 0.2) is 24.3 Å². The lowest BCUT2D eigenvalue weighted by molar-refractivity contribution is -0.132. The molecule has 1 atom stereocenters. The first-order valence-electron chi connectivity index (χ1n) is 6.13. The third kappa shape index (κ3) is 2.79. The van der Waals surface area contributed by atoms with Crippen molar-refractivity contribution in [3.8, 4) is 0 Å². The molecule has 2 rings (SSSR count). The third-order valence-electron chi connectivity index (χ3n) is 3.17. The van der Waals surface area contributed by atoms with Crippen molar-refractivity contribution in [1.29, 1.82) is 0 Å². The van der Waals surface area contributed by atoms with Crippen molar-refractivity contribution in [3.05, 3.63) is 30.1 Å². The van der Waals surface area contributed by atoms with E-state index in [2.05, 4.69) is 4.90 Å². The van der Waals surface area contributed by atoms with Gasteiger partial charge in [-0.3, -0.25) is 4.79 Å². The summed E-state index contributed by atoms with van der Waals surface area (Å²) in [5.74, 6) is -0.238. The molecule has 1 aliphatic rings. The Morgan fingerprint density at radius 3 is 2.28 bits per heavy atom. The molecule has 1 fully saturated rings. The van der Waals surface area contributed by atoms with Gasteiger partial charge in [0, 0.05) is 31.9 Å². The van der Waals surface area contributed by atoms with Gasteiger partial charge in [0.2, 0.25) is 5.91 Å². The summed E-state index contributed by atoms with van der Waals surface area (Å²) in [7, 11) is 0. The van der Waals surface area contributed by atoms with Crippen LogP contribution < -0.4 is 10.6 Å². The maximum absolute atomic E-state index is 12.8. The van der Waals surface area contributed by atoms with E-state index in [0.717, 1.165) is 18.8 Å². The summed E-state index contributed by atoms with van der Waals surface area (Å²) in [5, 5.41) is 0. The van der Waals surface area contributed by atoms with Gasteiger partial charge in [-0.1, -0.05) is 0 Å². The predicted octanol–water partition coefficient (Wildman–Crippen LogP) is 0.822. The Kier molecular flexibility index (Phi) is 3.81. The van der Waals surface area contributed by atoms with Gasteiger partial charge in [-0.2, -0.15) is 0 Å². The van der Waals surface area contributed by atoms with Gasteiger partial charge < -0.3 is 15.5 Å². The van der Waals surface area contributed by atoms with Gasteiger partial charge >= 0.3 is 0 Å². The minimum Gasteiger partial charge on any atom is -0.368 e. The molecule has 0 bridgehead atoms. The number of halogens is 1. The zero-order valence-corrected chi connectivity index (χ0v) is 10.5. The van der Waals surface area contributed by atoms with Crippen molar-refractivity contribution in [1.82, 2.24) is 4.90 Å². The smallest absolute Gasteiger partial charge is 0.239 e. The monoisotopic (exact) mass is 251 g/mol. The number of piperazine rings is 1. The molecule has 2 N–H and O–H groups in total. The summed E-state index contributed by atoms with van der Waals surface area (Å²) < 4.78 is 12.8. The fourth-order valence-corrected chi connectivity index (χ4v) is 2.12. The fourth-order valence-electron chi connectivity index (χ4n) is 2.12. The van der Waals surface area contributed by atoms with Gasteiger partial charge in [-0.15, -0.1) is 0 Å². The third-order valence-corrected chi connectivity index (χ3v) is 3.17. The van der Waals surface area contributed by atoms with Crippen LogP contribution in [0.2, 0.25) is 0 Å². The van der Waals surface area contributed by atoms with Crippen LogP contribution in [0.3, 0.4) is 0 Å². The Labute approximate surface area is 106 Å². The zero-order valence-electron chi connectivity index (χ0n) is 10.5. The summed E-state index contributed by atoms with van der Waals surface area (Å²) in [6.45, 7) is 4.54. The minimum absolute atomic E-state index is 0.00578. The van der Waals surface area contributed by atoms with Crippen LogP contribution in [0.5, 0.6) is 0 Å². The van der Waals surface area contributed by atoms with Gasteiger partial charge in [0.15, 0.2) is 0 Å². The topological polar surface area (TPSA) is 49.6 Å². The summed E-state index contributed by atoms with van der Waals surface area (Å²) >= 11 is 0. The minimum atomic E-state index is -0.442. The predicted molar refractivity (Wildman–Crippen MR) is 68.8 cm³/mol. The number of hydrogen-bond donors (Lipinski definition) is 1. The van der Waals surface area contributed by atoms with E-state index in [1.54, 1.807) is 24.0 Å². The van der Waals surface area contributed by atoms with Gasteiger partial charge in [0.25, 0.3) is 0 Å². The lowest BCUT2D eigenvalue weighted by Crippen LogP contribution is -2.52. The maximum Gasteiger partial charge on any atom is 0.239 e. The molecular weight excluding hydrogens is 233 g/mol. The Morgan fingerprint density at radius 2 is 1.78 bits per heavy atom. The van der Waals surface area contributed by atoms with Gasteiger partial charge in [-0.05, 0) is 31.2 Å². The average molecular weight is 251 g/mol. The molecule has 1 aliphatic heterocycles. The quantitative estimate of drug-likeness (QED) is 0.846. The second kappa shape index (κ2) is 5.35. The van der Waals surface area contributed by atoms with Crippen molar-refractivity contribution in [2.45, 2.75) is 13.0 Å². The molecule has 0 aromatic heterocycles. The van der Waals surface area contributed by atoms with Crippen LogP contribution in [-0.4, -0.2) is 43.0 Å². The Balaban J connectivity index is 1.94. The highest BCUT2D eigenvalue weighted by atomic mass is 19.1. The van der Waals surface area contributed by atoms with E-state index in [-0.39, 0.29) is 11.7 Å². The maximum atomic E-state index is 12.8. The van der Waals surface area contributed by atoms with Crippen molar-refractivity contribution in [2.24, 2.45) is 5.73 Å². The molecule has 1 saturated heterocycles. The summed E-state index contributed by atoms with van der Waals surface area (Å²) in [4.78, 5) is 15.6. The van der Waals surface area contributed by atoms with E-state index < -0.39 is 6.04 Å². The molecule has 18 heavy (non-hydrogen) atoms. The molecule has 98 valence electrons. The number of nitrogens with two attached hydrogens (primary N) is 1. The lowest BCUT2D eigenvalue weighted by atomic mass is 10.2. The molecule has 0 unspecified atom stereocenters. The second-order valence-electron chi connectivity index (χ2n) is 4.58. The molecule has 0 radical (unpaired) electrons. The Bertz CT molecular complexity index is 411. The standard InChI is InChI=1S/C13H18FN3O/c1-10(15)13(18)17-8-6-16(7-9-17)12-4-2-11(14)3-5-12/h2-5,10H,6-9,15H2,1H3/t10-/m0/s1. The van der Waals surface area contributed by atoms with Crippen LogP contribution in [0.1, 0.15) is 6.92 Å². The number of carbonyl (C=O) groups is 1. The van der Waals surface area contributed by atoms with Crippen LogP contribution in [-0.2, 0) is 4.79 Å². The van der Waals surface area contributed by atoms with Crippen LogP contribution >= 0.6 is 0 Å². The first-order chi connectivity index (χ1) is 8.58. The number of anilines is 1. The van der Waals surface area contributed by atoms with Crippen molar-refractivity contribution >= 4 is 11.6 Å². The summed E-state index contributed by atoms with van der Waals surface area (Å²) in [6, 6.07) is 5.99. The van der Waals surface area contributed by atoms with Crippen molar-refractivity contribution < 1.29 is 9.18 Å². The van der Waals surface area contributed by atoms with E-state index in [1.165, 1.54) is 12.1 Å². The first kappa shape index (κ1) is 12.8. The van der Waals surface area contributed by atoms with Crippen LogP contribution in [0, 0.1) is 5.82 Å². The van der Waals surface area contributed by atoms with E-state index in [9.17, 15) is 9.18 Å². The number of rotatable bonds is 2. The summed E-state index contributed by atoms with van der Waals surface area (Å²) in [5.41, 5.74) is 6.57. The van der Waals surface area contributed by atoms with Gasteiger partial charge in [0.05, 0.1) is 6.04 Å². The lowest BCUT2D eigenvalue weighted by Gasteiger charge is -2.36. The Hall–Kier alpha value is -1.62. The van der Waals surface area contributed by atoms with Crippen LogP contribution in [0.4, 0.5) is 10.1 Å². The van der Waals surface area contributed by atoms with Crippen LogP contribution in [0.25, 0.3) is 0 Å². The number of hydrogen-bond acceptors (Lipinski definition) is 3. The van der Waals surface area contributed by atoms with E-state index >= 15 is 0 Å². The largest absolute Gasteiger partial charge is 0.368 e. The molecule has 0 aliphatic carbocycles. The van der Waals surface area contributed by atoms with E-state index in [1.807, 2.05) is 0 Å². The highest BCUT2D eigenvalue weighted by Gasteiger charge is 2.23. The molecule has 0 spiro atoms. The van der Waals surface area contributed by atoms with E-state index in [4.69, 9.17) is 5.73 Å². The van der Waals surface area contributed by atoms with Gasteiger partial charge in [-0.25, -0.2) is 4.39 Å². The molecule has 1 amide bonds. The number of carbonyl (C=O) groups excluding carboxylic acids is 1. The molecule has 1 aromatic rings. The second-order valence-corrected chi connectivity index (χ2v) is 4.58. The van der Waals surface area contributed by atoms with Crippen molar-refractivity contribution in [2.75, 3.05) is 31.1 Å². The van der Waals surface area contributed by atoms with Gasteiger partial charge in [0.1, 0.15) is 5.82 Å². The fraction of sp³-hybridized carbons (Fsp3) is 0.462. The SMILES string of the molecule is C[C@H](N)C(=O)N1CCN(c2ccc(F)cc2)CC1. The number of nitrogens with zero attached hydrogens (tertiary/aromatic N) is 2. The molecule has 4 nitrogen and oxygen atoms in total. The molecule has 5 heteroatoms. The Morgan fingerprint density at radius 1 is 1.22 bits per heavy atom. The van der Waals surface area contributed by atoms with E-state index in [0.29, 0.717) is 13.1 Å². The molecule has 1 aromatic carbocycles. The van der Waals surface area contributed by atoms with Crippen molar-refractivity contribution in [3.63, 3.8) is 0 Å². The highest BCUT2D eigenvalue weighted by Crippen LogP contribution is 2.17. The molecular formula is C13H18FN3O. The average Bonchev–Trinajstić information content (AvgIpc) is 2.39. The zero-order chi connectivity index (χ0) is 13.1. The summed E-state index contributed by atoms with van der Waals surface area (Å²) in [6.07, 6.45) is 0. The highest BCUT2D eigenvalue weighted by molar-refractivity contribution is 5.81. The first-order valence-corrected chi connectivity index (χ1v) is 6.13. The molecule has 1 heterocycles.